The molecule has 1 heterocycles. The largest absolute Gasteiger partial charge is 0.256 e. The molecule has 3 nitrogen and oxygen atoms in total. The van der Waals surface area contributed by atoms with Crippen molar-refractivity contribution in [2.75, 3.05) is 0 Å². The zero-order valence-electron chi connectivity index (χ0n) is 8.38. The van der Waals surface area contributed by atoms with Gasteiger partial charge in [-0.25, -0.2) is 0 Å². The van der Waals surface area contributed by atoms with Crippen molar-refractivity contribution in [1.82, 2.24) is 4.98 Å². The monoisotopic (exact) mass is 205 g/mol. The molecule has 0 saturated carbocycles. The van der Waals surface area contributed by atoms with E-state index in [1.165, 1.54) is 0 Å². The Morgan fingerprint density at radius 2 is 1.88 bits per heavy atom. The van der Waals surface area contributed by atoms with Crippen molar-refractivity contribution < 1.29 is 0 Å². The van der Waals surface area contributed by atoms with E-state index in [-0.39, 0.29) is 0 Å². The highest BCUT2D eigenvalue weighted by Crippen LogP contribution is 2.21. The van der Waals surface area contributed by atoms with Crippen LogP contribution >= 0.6 is 0 Å². The van der Waals surface area contributed by atoms with E-state index in [4.69, 9.17) is 10.5 Å². The lowest BCUT2D eigenvalue weighted by Crippen LogP contribution is -1.88. The average Bonchev–Trinajstić information content (AvgIpc) is 2.39. The summed E-state index contributed by atoms with van der Waals surface area (Å²) in [4.78, 5) is 4.18. The van der Waals surface area contributed by atoms with Crippen molar-refractivity contribution in [3.8, 4) is 23.4 Å². The van der Waals surface area contributed by atoms with E-state index in [0.29, 0.717) is 11.1 Å². The van der Waals surface area contributed by atoms with E-state index in [0.717, 1.165) is 11.3 Å². The van der Waals surface area contributed by atoms with E-state index in [1.54, 1.807) is 24.4 Å². The number of hydrogen-bond donors (Lipinski definition) is 0. The van der Waals surface area contributed by atoms with Crippen LogP contribution in [0, 0.1) is 22.7 Å². The summed E-state index contributed by atoms with van der Waals surface area (Å²) in [5, 5.41) is 17.8. The molecule has 0 aliphatic rings. The van der Waals surface area contributed by atoms with Crippen LogP contribution in [-0.4, -0.2) is 4.98 Å². The van der Waals surface area contributed by atoms with Crippen LogP contribution in [0.5, 0.6) is 0 Å². The van der Waals surface area contributed by atoms with Crippen molar-refractivity contribution in [2.45, 2.75) is 0 Å². The smallest absolute Gasteiger partial charge is 0.0999 e. The molecule has 0 spiro atoms. The maximum atomic E-state index is 9.01. The molecule has 0 N–H and O–H groups in total. The van der Waals surface area contributed by atoms with Gasteiger partial charge in [0.05, 0.1) is 29.0 Å². The molecule has 0 bridgehead atoms. The number of rotatable bonds is 1. The van der Waals surface area contributed by atoms with Crippen LogP contribution in [0.1, 0.15) is 11.1 Å². The standard InChI is InChI=1S/C13H7N3/c14-8-10-4-5-12(11(7-10)9-15)13-3-1-2-6-16-13/h1-7H. The molecule has 0 saturated heterocycles. The zero-order chi connectivity index (χ0) is 11.4. The lowest BCUT2D eigenvalue weighted by atomic mass is 10.0. The number of nitrogens with zero attached hydrogens (tertiary/aromatic N) is 3. The van der Waals surface area contributed by atoms with Crippen LogP contribution < -0.4 is 0 Å². The Morgan fingerprint density at radius 1 is 1.00 bits per heavy atom. The molecule has 0 atom stereocenters. The average molecular weight is 205 g/mol. The number of benzene rings is 1. The minimum atomic E-state index is 0.470. The van der Waals surface area contributed by atoms with Crippen molar-refractivity contribution in [1.29, 1.82) is 10.5 Å². The van der Waals surface area contributed by atoms with Gasteiger partial charge in [0, 0.05) is 11.8 Å². The minimum Gasteiger partial charge on any atom is -0.256 e. The van der Waals surface area contributed by atoms with Crippen LogP contribution in [0.25, 0.3) is 11.3 Å². The van der Waals surface area contributed by atoms with Crippen LogP contribution in [0.3, 0.4) is 0 Å². The molecule has 0 fully saturated rings. The van der Waals surface area contributed by atoms with Crippen molar-refractivity contribution in [3.63, 3.8) is 0 Å². The Bertz CT molecular complexity index is 589. The first-order valence-electron chi connectivity index (χ1n) is 4.71. The molecule has 3 heteroatoms. The Balaban J connectivity index is 2.60. The van der Waals surface area contributed by atoms with Gasteiger partial charge in [-0.3, -0.25) is 4.98 Å². The predicted molar refractivity (Wildman–Crippen MR) is 59.1 cm³/mol. The highest BCUT2D eigenvalue weighted by molar-refractivity contribution is 5.68. The van der Waals surface area contributed by atoms with E-state index in [2.05, 4.69) is 11.1 Å². The molecule has 2 rings (SSSR count). The first-order valence-corrected chi connectivity index (χ1v) is 4.71. The van der Waals surface area contributed by atoms with Crippen LogP contribution in [0.2, 0.25) is 0 Å². The van der Waals surface area contributed by atoms with E-state index in [1.807, 2.05) is 24.3 Å². The van der Waals surface area contributed by atoms with Gasteiger partial charge in [-0.1, -0.05) is 12.1 Å². The normalized spacial score (nSPS) is 9.12. The third-order valence-electron chi connectivity index (χ3n) is 2.21. The summed E-state index contributed by atoms with van der Waals surface area (Å²) in [6, 6.07) is 14.6. The number of hydrogen-bond acceptors (Lipinski definition) is 3. The summed E-state index contributed by atoms with van der Waals surface area (Å²) < 4.78 is 0. The Kier molecular flexibility index (Phi) is 2.63. The highest BCUT2D eigenvalue weighted by Gasteiger charge is 2.06. The molecule has 16 heavy (non-hydrogen) atoms. The topological polar surface area (TPSA) is 60.5 Å². The molecule has 2 aromatic rings. The second-order valence-electron chi connectivity index (χ2n) is 3.20. The van der Waals surface area contributed by atoms with Gasteiger partial charge in [0.1, 0.15) is 0 Å². The van der Waals surface area contributed by atoms with Crippen LogP contribution in [0.15, 0.2) is 42.6 Å². The first kappa shape index (κ1) is 9.89. The van der Waals surface area contributed by atoms with Gasteiger partial charge in [0.2, 0.25) is 0 Å². The van der Waals surface area contributed by atoms with Gasteiger partial charge in [0.15, 0.2) is 0 Å². The van der Waals surface area contributed by atoms with Crippen molar-refractivity contribution >= 4 is 0 Å². The van der Waals surface area contributed by atoms with E-state index in [9.17, 15) is 0 Å². The van der Waals surface area contributed by atoms with Gasteiger partial charge in [-0.15, -0.1) is 0 Å². The zero-order valence-corrected chi connectivity index (χ0v) is 8.38. The maximum Gasteiger partial charge on any atom is 0.0999 e. The first-order chi connectivity index (χ1) is 7.85. The summed E-state index contributed by atoms with van der Waals surface area (Å²) in [5.74, 6) is 0. The minimum absolute atomic E-state index is 0.470. The maximum absolute atomic E-state index is 9.01. The molecule has 0 unspecified atom stereocenters. The molecule has 1 aromatic heterocycles. The van der Waals surface area contributed by atoms with Gasteiger partial charge >= 0.3 is 0 Å². The van der Waals surface area contributed by atoms with Crippen LogP contribution in [-0.2, 0) is 0 Å². The van der Waals surface area contributed by atoms with Gasteiger partial charge in [-0.05, 0) is 24.3 Å². The second-order valence-corrected chi connectivity index (χ2v) is 3.20. The van der Waals surface area contributed by atoms with Gasteiger partial charge in [-0.2, -0.15) is 10.5 Å². The lowest BCUT2D eigenvalue weighted by molar-refractivity contribution is 1.32. The number of nitriles is 2. The lowest BCUT2D eigenvalue weighted by Gasteiger charge is -2.02. The fourth-order valence-electron chi connectivity index (χ4n) is 1.45. The molecular weight excluding hydrogens is 198 g/mol. The van der Waals surface area contributed by atoms with Gasteiger partial charge < -0.3 is 0 Å². The fraction of sp³-hybridized carbons (Fsp3) is 0. The van der Waals surface area contributed by atoms with Crippen molar-refractivity contribution in [3.05, 3.63) is 53.7 Å². The summed E-state index contributed by atoms with van der Waals surface area (Å²) in [6.07, 6.45) is 1.68. The Labute approximate surface area is 93.2 Å². The third kappa shape index (κ3) is 1.75. The molecule has 1 aromatic carbocycles. The molecule has 0 aliphatic heterocycles. The van der Waals surface area contributed by atoms with E-state index < -0.39 is 0 Å². The second kappa shape index (κ2) is 4.25. The highest BCUT2D eigenvalue weighted by atomic mass is 14.7. The molecule has 0 radical (unpaired) electrons. The number of pyridine rings is 1. The number of aromatic nitrogens is 1. The van der Waals surface area contributed by atoms with Gasteiger partial charge in [0.25, 0.3) is 0 Å². The molecule has 74 valence electrons. The summed E-state index contributed by atoms with van der Waals surface area (Å²) in [6.45, 7) is 0. The Hall–Kier alpha value is -2.65. The molecule has 0 amide bonds. The van der Waals surface area contributed by atoms with Crippen LogP contribution in [0.4, 0.5) is 0 Å². The fourth-order valence-corrected chi connectivity index (χ4v) is 1.45. The van der Waals surface area contributed by atoms with E-state index >= 15 is 0 Å². The third-order valence-corrected chi connectivity index (χ3v) is 2.21. The summed E-state index contributed by atoms with van der Waals surface area (Å²) in [7, 11) is 0. The van der Waals surface area contributed by atoms with Crippen molar-refractivity contribution in [2.24, 2.45) is 0 Å². The Morgan fingerprint density at radius 3 is 2.50 bits per heavy atom. The predicted octanol–water partition coefficient (Wildman–Crippen LogP) is 2.49. The summed E-state index contributed by atoms with van der Waals surface area (Å²) >= 11 is 0. The quantitative estimate of drug-likeness (QED) is 0.718. The summed E-state index contributed by atoms with van der Waals surface area (Å²) in [5.41, 5.74) is 2.44. The SMILES string of the molecule is N#Cc1ccc(-c2ccccn2)c(C#N)c1. The molecule has 0 aliphatic carbocycles. The molecular formula is C13H7N3.